The Bertz CT molecular complexity index is 784. The summed E-state index contributed by atoms with van der Waals surface area (Å²) in [7, 11) is 0. The molecule has 0 unspecified atom stereocenters. The largest absolute Gasteiger partial charge is 0.493 e. The van der Waals surface area contributed by atoms with Crippen LogP contribution in [0.15, 0.2) is 50.4 Å². The number of hydrogen-bond donors (Lipinski definition) is 1. The number of carbonyl (C=O) groups excluding carboxylic acids is 1. The molecule has 0 bridgehead atoms. The van der Waals surface area contributed by atoms with Gasteiger partial charge in [-0.3, -0.25) is 4.79 Å². The average molecular weight is 491 g/mol. The Kier molecular flexibility index (Phi) is 7.74. The van der Waals surface area contributed by atoms with Gasteiger partial charge in [0.2, 0.25) is 0 Å². The van der Waals surface area contributed by atoms with Gasteiger partial charge in [0.25, 0.3) is 5.91 Å². The van der Waals surface area contributed by atoms with Gasteiger partial charge in [-0.2, -0.15) is 5.10 Å². The van der Waals surface area contributed by atoms with Crippen LogP contribution in [0.5, 0.6) is 11.5 Å². The predicted molar refractivity (Wildman–Crippen MR) is 106 cm³/mol. The number of hydrazone groups is 1. The van der Waals surface area contributed by atoms with Crippen molar-refractivity contribution in [2.24, 2.45) is 5.10 Å². The number of benzene rings is 2. The maximum atomic E-state index is 11.8. The van der Waals surface area contributed by atoms with Crippen LogP contribution in [0.3, 0.4) is 0 Å². The number of hydrogen-bond acceptors (Lipinski definition) is 4. The van der Waals surface area contributed by atoms with Gasteiger partial charge in [-0.25, -0.2) is 5.43 Å². The summed E-state index contributed by atoms with van der Waals surface area (Å²) in [4.78, 5) is 11.8. The van der Waals surface area contributed by atoms with Crippen LogP contribution in [0.25, 0.3) is 0 Å². The molecule has 2 aromatic carbocycles. The van der Waals surface area contributed by atoms with Crippen LogP contribution in [-0.4, -0.2) is 25.3 Å². The van der Waals surface area contributed by atoms with Crippen LogP contribution < -0.4 is 14.9 Å². The van der Waals surface area contributed by atoms with E-state index in [1.54, 1.807) is 24.3 Å². The van der Waals surface area contributed by atoms with Crippen molar-refractivity contribution in [1.29, 1.82) is 0 Å². The third-order valence-corrected chi connectivity index (χ3v) is 4.27. The molecule has 0 saturated carbocycles. The second-order valence-electron chi connectivity index (χ2n) is 4.77. The normalized spacial score (nSPS) is 10.7. The summed E-state index contributed by atoms with van der Waals surface area (Å²) >= 11 is 12.7. The minimum atomic E-state index is -0.383. The topological polar surface area (TPSA) is 59.9 Å². The van der Waals surface area contributed by atoms with Crippen LogP contribution in [0.2, 0.25) is 5.02 Å². The van der Waals surface area contributed by atoms with E-state index in [2.05, 4.69) is 42.4 Å². The molecule has 0 atom stereocenters. The first-order valence-electron chi connectivity index (χ1n) is 7.31. The standard InChI is InChI=1S/C17H15Br2ClN2O3/c1-2-24-15-6-4-13(20)7-11(15)9-21-22-17(23)10-25-16-5-3-12(18)8-14(16)19/h3-9H,2,10H2,1H3,(H,22,23)/b21-9+. The number of rotatable bonds is 7. The molecule has 132 valence electrons. The summed E-state index contributed by atoms with van der Waals surface area (Å²) in [5, 5.41) is 4.47. The van der Waals surface area contributed by atoms with E-state index >= 15 is 0 Å². The van der Waals surface area contributed by atoms with Crippen molar-refractivity contribution in [2.75, 3.05) is 13.2 Å². The fourth-order valence-corrected chi connectivity index (χ4v) is 3.19. The summed E-state index contributed by atoms with van der Waals surface area (Å²) < 4.78 is 12.6. The first-order valence-corrected chi connectivity index (χ1v) is 9.28. The number of halogens is 3. The van der Waals surface area contributed by atoms with Gasteiger partial charge in [0.05, 0.1) is 17.3 Å². The summed E-state index contributed by atoms with van der Waals surface area (Å²) in [6.45, 7) is 2.24. The Labute approximate surface area is 167 Å². The summed E-state index contributed by atoms with van der Waals surface area (Å²) in [6.07, 6.45) is 1.48. The molecule has 0 fully saturated rings. The van der Waals surface area contributed by atoms with E-state index in [-0.39, 0.29) is 12.5 Å². The molecule has 8 heteroatoms. The molecular weight excluding hydrogens is 475 g/mol. The first kappa shape index (κ1) is 19.8. The van der Waals surface area contributed by atoms with Gasteiger partial charge in [0, 0.05) is 15.1 Å². The maximum absolute atomic E-state index is 11.8. The van der Waals surface area contributed by atoms with Crippen LogP contribution in [0, 0.1) is 0 Å². The Balaban J connectivity index is 1.91. The monoisotopic (exact) mass is 488 g/mol. The SMILES string of the molecule is CCOc1ccc(Cl)cc1/C=N/NC(=O)COc1ccc(Br)cc1Br. The smallest absolute Gasteiger partial charge is 0.277 e. The van der Waals surface area contributed by atoms with Crippen molar-refractivity contribution >= 4 is 55.6 Å². The molecule has 25 heavy (non-hydrogen) atoms. The number of nitrogens with one attached hydrogen (secondary N) is 1. The Morgan fingerprint density at radius 1 is 1.20 bits per heavy atom. The molecule has 0 saturated heterocycles. The zero-order valence-electron chi connectivity index (χ0n) is 13.3. The molecule has 0 heterocycles. The Morgan fingerprint density at radius 2 is 1.96 bits per heavy atom. The van der Waals surface area contributed by atoms with Gasteiger partial charge < -0.3 is 9.47 Å². The van der Waals surface area contributed by atoms with Gasteiger partial charge in [-0.1, -0.05) is 27.5 Å². The van der Waals surface area contributed by atoms with Crippen LogP contribution in [0.4, 0.5) is 0 Å². The van der Waals surface area contributed by atoms with E-state index in [0.717, 1.165) is 8.95 Å². The fraction of sp³-hybridized carbons (Fsp3) is 0.176. The van der Waals surface area contributed by atoms with Crippen molar-refractivity contribution < 1.29 is 14.3 Å². The third kappa shape index (κ3) is 6.34. The molecule has 0 aliphatic carbocycles. The molecule has 5 nitrogen and oxygen atoms in total. The highest BCUT2D eigenvalue weighted by molar-refractivity contribution is 9.11. The van der Waals surface area contributed by atoms with Gasteiger partial charge in [0.15, 0.2) is 6.61 Å². The molecule has 0 aromatic heterocycles. The highest BCUT2D eigenvalue weighted by atomic mass is 79.9. The second-order valence-corrected chi connectivity index (χ2v) is 6.98. The number of amides is 1. The minimum Gasteiger partial charge on any atom is -0.493 e. The van der Waals surface area contributed by atoms with Crippen LogP contribution in [-0.2, 0) is 4.79 Å². The van der Waals surface area contributed by atoms with Crippen molar-refractivity contribution in [1.82, 2.24) is 5.43 Å². The lowest BCUT2D eigenvalue weighted by atomic mass is 10.2. The van der Waals surface area contributed by atoms with Gasteiger partial charge in [0.1, 0.15) is 11.5 Å². The lowest BCUT2D eigenvalue weighted by molar-refractivity contribution is -0.123. The molecule has 0 spiro atoms. The van der Waals surface area contributed by atoms with E-state index in [1.165, 1.54) is 6.21 Å². The number of carbonyl (C=O) groups is 1. The van der Waals surface area contributed by atoms with Crippen molar-refractivity contribution in [3.63, 3.8) is 0 Å². The lowest BCUT2D eigenvalue weighted by Crippen LogP contribution is -2.24. The van der Waals surface area contributed by atoms with E-state index in [4.69, 9.17) is 21.1 Å². The second kappa shape index (κ2) is 9.79. The highest BCUT2D eigenvalue weighted by Gasteiger charge is 2.06. The first-order chi connectivity index (χ1) is 12.0. The van der Waals surface area contributed by atoms with Gasteiger partial charge in [-0.05, 0) is 59.3 Å². The average Bonchev–Trinajstić information content (AvgIpc) is 2.56. The van der Waals surface area contributed by atoms with Crippen LogP contribution in [0.1, 0.15) is 12.5 Å². The maximum Gasteiger partial charge on any atom is 0.277 e. The molecule has 2 aromatic rings. The Hall–Kier alpha value is -1.57. The summed E-state index contributed by atoms with van der Waals surface area (Å²) in [5.74, 6) is 0.821. The highest BCUT2D eigenvalue weighted by Crippen LogP contribution is 2.28. The third-order valence-electron chi connectivity index (χ3n) is 2.92. The molecule has 2 rings (SSSR count). The van der Waals surface area contributed by atoms with Crippen molar-refractivity contribution in [3.8, 4) is 11.5 Å². The van der Waals surface area contributed by atoms with E-state index < -0.39 is 0 Å². The minimum absolute atomic E-state index is 0.161. The van der Waals surface area contributed by atoms with E-state index in [9.17, 15) is 4.79 Å². The molecule has 0 aliphatic heterocycles. The molecular formula is C17H15Br2ClN2O3. The number of ether oxygens (including phenoxy) is 2. The molecule has 0 radical (unpaired) electrons. The zero-order valence-corrected chi connectivity index (χ0v) is 17.2. The summed E-state index contributed by atoms with van der Waals surface area (Å²) in [5.41, 5.74) is 3.08. The van der Waals surface area contributed by atoms with E-state index in [0.29, 0.717) is 28.7 Å². The predicted octanol–water partition coefficient (Wildman–Crippen LogP) is 4.79. The van der Waals surface area contributed by atoms with Crippen molar-refractivity contribution in [3.05, 3.63) is 55.9 Å². The quantitative estimate of drug-likeness (QED) is 0.448. The number of nitrogens with zero attached hydrogens (tertiary/aromatic N) is 1. The van der Waals surface area contributed by atoms with Crippen LogP contribution >= 0.6 is 43.5 Å². The van der Waals surface area contributed by atoms with Gasteiger partial charge in [-0.15, -0.1) is 0 Å². The molecule has 1 N–H and O–H groups in total. The van der Waals surface area contributed by atoms with Crippen molar-refractivity contribution in [2.45, 2.75) is 6.92 Å². The van der Waals surface area contributed by atoms with Gasteiger partial charge >= 0.3 is 0 Å². The Morgan fingerprint density at radius 3 is 2.68 bits per heavy atom. The zero-order chi connectivity index (χ0) is 18.2. The summed E-state index contributed by atoms with van der Waals surface area (Å²) in [6, 6.07) is 10.6. The fourth-order valence-electron chi connectivity index (χ4n) is 1.85. The molecule has 1 amide bonds. The van der Waals surface area contributed by atoms with E-state index in [1.807, 2.05) is 19.1 Å². The lowest BCUT2D eigenvalue weighted by Gasteiger charge is -2.08. The molecule has 0 aliphatic rings.